The number of ether oxygens (including phenoxy) is 4. The van der Waals surface area contributed by atoms with E-state index >= 15 is 0 Å². The Morgan fingerprint density at radius 2 is 1.93 bits per heavy atom. The molecule has 3 unspecified atom stereocenters. The Hall–Kier alpha value is -1.34. The van der Waals surface area contributed by atoms with Gasteiger partial charge in [-0.1, -0.05) is 0 Å². The van der Waals surface area contributed by atoms with Gasteiger partial charge in [0.15, 0.2) is 11.5 Å². The number of hydrogen-bond donors (Lipinski definition) is 1. The Labute approximate surface area is 168 Å². The number of hydrogen-bond acceptors (Lipinski definition) is 6. The molecule has 158 valence electrons. The van der Waals surface area contributed by atoms with E-state index < -0.39 is 6.10 Å². The molecule has 1 N–H and O–H groups in total. The lowest BCUT2D eigenvalue weighted by Gasteiger charge is -2.46. The van der Waals surface area contributed by atoms with E-state index in [1.807, 2.05) is 20.8 Å². The van der Waals surface area contributed by atoms with Gasteiger partial charge in [-0.2, -0.15) is 0 Å². The van der Waals surface area contributed by atoms with Crippen molar-refractivity contribution in [1.29, 1.82) is 0 Å². The standard InChI is InChI=1S/C22H35NO5/c1-22(2,3)28-21-14-23-8-7-15-11-20(27-10-6-9-25-4)19(26-5)12-16(15)17(23)13-18(21)24/h11-12,17-18,21,24H,6-10,13-14H2,1-5H3. The molecule has 6 heteroatoms. The molecular formula is C22H35NO5. The molecule has 2 aliphatic rings. The SMILES string of the molecule is COCCCOc1cc2c(cc1OC)C1CC(O)C(OC(C)(C)C)CN1CC2. The van der Waals surface area contributed by atoms with Crippen LogP contribution in [0.15, 0.2) is 12.1 Å². The maximum Gasteiger partial charge on any atom is 0.161 e. The van der Waals surface area contributed by atoms with Crippen LogP contribution in [0.5, 0.6) is 11.5 Å². The number of rotatable bonds is 7. The average molecular weight is 394 g/mol. The molecule has 1 aromatic rings. The van der Waals surface area contributed by atoms with Crippen molar-refractivity contribution in [3.8, 4) is 11.5 Å². The van der Waals surface area contributed by atoms with E-state index in [9.17, 15) is 5.11 Å². The summed E-state index contributed by atoms with van der Waals surface area (Å²) in [6.07, 6.45) is 1.85. The predicted molar refractivity (Wildman–Crippen MR) is 108 cm³/mol. The van der Waals surface area contributed by atoms with Gasteiger partial charge in [0.25, 0.3) is 0 Å². The smallest absolute Gasteiger partial charge is 0.161 e. The maximum absolute atomic E-state index is 10.7. The molecule has 0 amide bonds. The largest absolute Gasteiger partial charge is 0.493 e. The molecule has 2 aliphatic heterocycles. The monoisotopic (exact) mass is 393 g/mol. The molecule has 3 rings (SSSR count). The summed E-state index contributed by atoms with van der Waals surface area (Å²) in [5.74, 6) is 1.54. The second-order valence-corrected chi connectivity index (χ2v) is 8.73. The van der Waals surface area contributed by atoms with Gasteiger partial charge in [-0.25, -0.2) is 0 Å². The summed E-state index contributed by atoms with van der Waals surface area (Å²) in [7, 11) is 3.37. The topological polar surface area (TPSA) is 60.4 Å². The van der Waals surface area contributed by atoms with Gasteiger partial charge >= 0.3 is 0 Å². The summed E-state index contributed by atoms with van der Waals surface area (Å²) in [6, 6.07) is 4.40. The molecular weight excluding hydrogens is 358 g/mol. The summed E-state index contributed by atoms with van der Waals surface area (Å²) in [6.45, 7) is 9.11. The molecule has 2 heterocycles. The summed E-state index contributed by atoms with van der Waals surface area (Å²) >= 11 is 0. The van der Waals surface area contributed by atoms with Gasteiger partial charge in [0.2, 0.25) is 0 Å². The maximum atomic E-state index is 10.7. The van der Waals surface area contributed by atoms with Crippen LogP contribution in [0.1, 0.15) is 50.8 Å². The molecule has 28 heavy (non-hydrogen) atoms. The molecule has 0 aliphatic carbocycles. The third-order valence-electron chi connectivity index (χ3n) is 5.46. The van der Waals surface area contributed by atoms with Crippen LogP contribution in [0.4, 0.5) is 0 Å². The van der Waals surface area contributed by atoms with Gasteiger partial charge in [-0.3, -0.25) is 4.90 Å². The lowest BCUT2D eigenvalue weighted by Crippen LogP contribution is -2.53. The van der Waals surface area contributed by atoms with Crippen molar-refractivity contribution >= 4 is 0 Å². The van der Waals surface area contributed by atoms with Crippen molar-refractivity contribution in [2.45, 2.75) is 63.9 Å². The molecule has 0 aromatic heterocycles. The number of piperidine rings is 1. The molecule has 0 saturated carbocycles. The van der Waals surface area contributed by atoms with Crippen molar-refractivity contribution in [3.63, 3.8) is 0 Å². The minimum absolute atomic E-state index is 0.150. The summed E-state index contributed by atoms with van der Waals surface area (Å²) in [5.41, 5.74) is 2.26. The molecule has 0 bridgehead atoms. The van der Waals surface area contributed by atoms with Crippen molar-refractivity contribution in [1.82, 2.24) is 4.90 Å². The zero-order valence-corrected chi connectivity index (χ0v) is 17.9. The van der Waals surface area contributed by atoms with E-state index in [-0.39, 0.29) is 17.7 Å². The van der Waals surface area contributed by atoms with Gasteiger partial charge in [0.1, 0.15) is 0 Å². The lowest BCUT2D eigenvalue weighted by atomic mass is 9.84. The highest BCUT2D eigenvalue weighted by Crippen LogP contribution is 2.42. The second-order valence-electron chi connectivity index (χ2n) is 8.73. The Morgan fingerprint density at radius 3 is 2.61 bits per heavy atom. The number of aliphatic hydroxyl groups is 1. The van der Waals surface area contributed by atoms with E-state index in [1.165, 1.54) is 11.1 Å². The van der Waals surface area contributed by atoms with E-state index in [4.69, 9.17) is 18.9 Å². The van der Waals surface area contributed by atoms with E-state index in [1.54, 1.807) is 14.2 Å². The van der Waals surface area contributed by atoms with Crippen LogP contribution in [0.25, 0.3) is 0 Å². The van der Waals surface area contributed by atoms with Crippen molar-refractivity contribution in [3.05, 3.63) is 23.3 Å². The normalized spacial score (nSPS) is 25.1. The van der Waals surface area contributed by atoms with Crippen LogP contribution in [0.3, 0.4) is 0 Å². The Morgan fingerprint density at radius 1 is 1.14 bits per heavy atom. The van der Waals surface area contributed by atoms with Crippen molar-refractivity contribution in [2.75, 3.05) is 40.5 Å². The summed E-state index contributed by atoms with van der Waals surface area (Å²) in [5, 5.41) is 10.7. The van der Waals surface area contributed by atoms with Crippen LogP contribution in [-0.2, 0) is 15.9 Å². The number of nitrogens with zero attached hydrogens (tertiary/aromatic N) is 1. The zero-order valence-electron chi connectivity index (χ0n) is 17.9. The highest BCUT2D eigenvalue weighted by molar-refractivity contribution is 5.49. The molecule has 1 fully saturated rings. The fourth-order valence-electron chi connectivity index (χ4n) is 4.22. The number of aliphatic hydroxyl groups excluding tert-OH is 1. The fraction of sp³-hybridized carbons (Fsp3) is 0.727. The van der Waals surface area contributed by atoms with Crippen molar-refractivity contribution < 1.29 is 24.1 Å². The molecule has 3 atom stereocenters. The summed E-state index contributed by atoms with van der Waals surface area (Å²) < 4.78 is 22.7. The fourth-order valence-corrected chi connectivity index (χ4v) is 4.22. The Kier molecular flexibility index (Phi) is 6.86. The number of benzene rings is 1. The third-order valence-corrected chi connectivity index (χ3v) is 5.46. The third kappa shape index (κ3) is 4.98. The zero-order chi connectivity index (χ0) is 20.3. The number of methoxy groups -OCH3 is 2. The molecule has 6 nitrogen and oxygen atoms in total. The predicted octanol–water partition coefficient (Wildman–Crippen LogP) is 2.96. The van der Waals surface area contributed by atoms with Crippen LogP contribution in [-0.4, -0.2) is 68.3 Å². The molecule has 0 radical (unpaired) electrons. The Balaban J connectivity index is 1.76. The number of fused-ring (bicyclic) bond motifs is 3. The van der Waals surface area contributed by atoms with Crippen LogP contribution < -0.4 is 9.47 Å². The van der Waals surface area contributed by atoms with Crippen molar-refractivity contribution in [2.24, 2.45) is 0 Å². The lowest BCUT2D eigenvalue weighted by molar-refractivity contribution is -0.149. The first-order valence-electron chi connectivity index (χ1n) is 10.2. The van der Waals surface area contributed by atoms with Gasteiger partial charge in [-0.05, 0) is 56.9 Å². The molecule has 1 aromatic carbocycles. The molecule has 1 saturated heterocycles. The Bertz CT molecular complexity index is 657. The van der Waals surface area contributed by atoms with Gasteiger partial charge in [0, 0.05) is 39.3 Å². The van der Waals surface area contributed by atoms with Gasteiger partial charge < -0.3 is 24.1 Å². The van der Waals surface area contributed by atoms with E-state index in [2.05, 4.69) is 17.0 Å². The van der Waals surface area contributed by atoms with Crippen LogP contribution in [0.2, 0.25) is 0 Å². The highest BCUT2D eigenvalue weighted by Gasteiger charge is 2.40. The minimum Gasteiger partial charge on any atom is -0.493 e. The second kappa shape index (κ2) is 8.99. The molecule has 0 spiro atoms. The summed E-state index contributed by atoms with van der Waals surface area (Å²) in [4.78, 5) is 2.43. The van der Waals surface area contributed by atoms with Crippen LogP contribution >= 0.6 is 0 Å². The first-order valence-corrected chi connectivity index (χ1v) is 10.2. The average Bonchev–Trinajstić information content (AvgIpc) is 2.64. The van der Waals surface area contributed by atoms with E-state index in [0.29, 0.717) is 19.6 Å². The van der Waals surface area contributed by atoms with Gasteiger partial charge in [-0.15, -0.1) is 0 Å². The quantitative estimate of drug-likeness (QED) is 0.719. The van der Waals surface area contributed by atoms with Crippen LogP contribution in [0, 0.1) is 0 Å². The minimum atomic E-state index is -0.470. The highest BCUT2D eigenvalue weighted by atomic mass is 16.5. The first kappa shape index (κ1) is 21.4. The van der Waals surface area contributed by atoms with Gasteiger partial charge in [0.05, 0.1) is 31.5 Å². The first-order chi connectivity index (χ1) is 13.3. The van der Waals surface area contributed by atoms with E-state index in [0.717, 1.165) is 37.4 Å².